The van der Waals surface area contributed by atoms with Crippen LogP contribution in [0, 0.1) is 6.92 Å². The number of aryl methyl sites for hydroxylation is 1. The average Bonchev–Trinajstić information content (AvgIpc) is 1.94. The molecule has 0 N–H and O–H groups in total. The Labute approximate surface area is 72.2 Å². The molecule has 0 saturated heterocycles. The summed E-state index contributed by atoms with van der Waals surface area (Å²) < 4.78 is 36.2. The van der Waals surface area contributed by atoms with Crippen LogP contribution in [0.15, 0.2) is 16.9 Å². The number of rotatable bonds is 2. The molecule has 0 atom stereocenters. The molecular weight excluding hydrogens is 184 g/mol. The molecule has 7 heteroatoms. The van der Waals surface area contributed by atoms with E-state index >= 15 is 0 Å². The fourth-order valence-corrected chi connectivity index (χ4v) is 0.878. The number of halogens is 3. The molecule has 0 radical (unpaired) electrons. The minimum atomic E-state index is -5.02. The molecule has 0 saturated carbocycles. The summed E-state index contributed by atoms with van der Waals surface area (Å²) in [6, 6.07) is 2.45. The fraction of sp³-hybridized carbons (Fsp3) is 0.333. The lowest BCUT2D eigenvalue weighted by molar-refractivity contribution is 0.429. The highest BCUT2D eigenvalue weighted by Gasteiger charge is 2.24. The SMILES string of the molecule is Cc1ccc(=O)n(C[B-](F)(F)F)n1. The monoisotopic (exact) mass is 191 g/mol. The number of nitrogens with zero attached hydrogens (tertiary/aromatic N) is 2. The van der Waals surface area contributed by atoms with Gasteiger partial charge in [0.05, 0.1) is 5.69 Å². The van der Waals surface area contributed by atoms with Crippen LogP contribution in [0.2, 0.25) is 0 Å². The first-order valence-corrected chi connectivity index (χ1v) is 3.64. The number of hydrogen-bond acceptors (Lipinski definition) is 2. The van der Waals surface area contributed by atoms with Crippen molar-refractivity contribution in [2.45, 2.75) is 13.4 Å². The van der Waals surface area contributed by atoms with Gasteiger partial charge in [0.25, 0.3) is 5.56 Å². The van der Waals surface area contributed by atoms with Crippen LogP contribution in [0.1, 0.15) is 5.69 Å². The first-order chi connectivity index (χ1) is 5.88. The Morgan fingerprint density at radius 2 is 2.08 bits per heavy atom. The molecule has 0 aromatic carbocycles. The first kappa shape index (κ1) is 9.82. The Morgan fingerprint density at radius 1 is 1.46 bits per heavy atom. The molecule has 0 amide bonds. The lowest BCUT2D eigenvalue weighted by atomic mass is 9.93. The predicted molar refractivity (Wildman–Crippen MR) is 42.3 cm³/mol. The van der Waals surface area contributed by atoms with E-state index in [1.165, 1.54) is 13.0 Å². The van der Waals surface area contributed by atoms with Crippen molar-refractivity contribution in [2.75, 3.05) is 0 Å². The molecular formula is C6H7BF3N2O-. The predicted octanol–water partition coefficient (Wildman–Crippen LogP) is 0.938. The van der Waals surface area contributed by atoms with Crippen LogP contribution >= 0.6 is 0 Å². The third kappa shape index (κ3) is 2.92. The molecule has 0 spiro atoms. The van der Waals surface area contributed by atoms with Crippen molar-refractivity contribution in [3.8, 4) is 0 Å². The van der Waals surface area contributed by atoms with Crippen LogP contribution in [0.3, 0.4) is 0 Å². The van der Waals surface area contributed by atoms with Crippen molar-refractivity contribution in [1.82, 2.24) is 9.78 Å². The van der Waals surface area contributed by atoms with Crippen molar-refractivity contribution >= 4 is 6.98 Å². The quantitative estimate of drug-likeness (QED) is 0.651. The van der Waals surface area contributed by atoms with E-state index in [9.17, 15) is 17.7 Å². The molecule has 0 fully saturated rings. The van der Waals surface area contributed by atoms with Crippen LogP contribution in [0.25, 0.3) is 0 Å². The van der Waals surface area contributed by atoms with Crippen molar-refractivity contribution in [3.63, 3.8) is 0 Å². The second kappa shape index (κ2) is 3.23. The summed E-state index contributed by atoms with van der Waals surface area (Å²) in [6.45, 7) is -3.49. The zero-order valence-electron chi connectivity index (χ0n) is 6.88. The molecule has 1 aromatic heterocycles. The third-order valence-electron chi connectivity index (χ3n) is 1.38. The Morgan fingerprint density at radius 3 is 2.62 bits per heavy atom. The smallest absolute Gasteiger partial charge is 0.448 e. The average molecular weight is 191 g/mol. The Bertz CT molecular complexity index is 360. The van der Waals surface area contributed by atoms with Gasteiger partial charge in [0, 0.05) is 12.5 Å². The molecule has 0 aliphatic rings. The third-order valence-corrected chi connectivity index (χ3v) is 1.38. The van der Waals surface area contributed by atoms with Gasteiger partial charge in [-0.05, 0) is 13.0 Å². The standard InChI is InChI=1S/C6H7BF3N2O/c1-5-2-3-6(13)12(11-5)4-7(8,9)10/h2-3H,4H2,1H3/q-1. The maximum absolute atomic E-state index is 11.9. The molecule has 0 bridgehead atoms. The Hall–Kier alpha value is -1.27. The summed E-state index contributed by atoms with van der Waals surface area (Å²) in [7, 11) is 0. The van der Waals surface area contributed by atoms with Gasteiger partial charge in [0.2, 0.25) is 0 Å². The maximum Gasteiger partial charge on any atom is 0.499 e. The molecule has 1 heterocycles. The summed E-state index contributed by atoms with van der Waals surface area (Å²) in [5.41, 5.74) is -0.343. The van der Waals surface area contributed by atoms with E-state index in [4.69, 9.17) is 0 Å². The molecule has 3 nitrogen and oxygen atoms in total. The van der Waals surface area contributed by atoms with Gasteiger partial charge in [-0.15, -0.1) is 0 Å². The second-order valence-electron chi connectivity index (χ2n) is 2.71. The zero-order valence-corrected chi connectivity index (χ0v) is 6.88. The van der Waals surface area contributed by atoms with E-state index in [0.717, 1.165) is 6.07 Å². The van der Waals surface area contributed by atoms with Crippen LogP contribution in [0.4, 0.5) is 12.9 Å². The van der Waals surface area contributed by atoms with E-state index in [-0.39, 0.29) is 0 Å². The van der Waals surface area contributed by atoms with E-state index in [1.807, 2.05) is 0 Å². The molecule has 0 aliphatic heterocycles. The van der Waals surface area contributed by atoms with Gasteiger partial charge in [-0.25, -0.2) is 0 Å². The molecule has 0 unspecified atom stereocenters. The second-order valence-corrected chi connectivity index (χ2v) is 2.71. The van der Waals surface area contributed by atoms with Gasteiger partial charge in [0.1, 0.15) is 0 Å². The largest absolute Gasteiger partial charge is 0.499 e. The summed E-state index contributed by atoms with van der Waals surface area (Å²) in [4.78, 5) is 10.9. The summed E-state index contributed by atoms with van der Waals surface area (Å²) >= 11 is 0. The highest BCUT2D eigenvalue weighted by Crippen LogP contribution is 2.09. The van der Waals surface area contributed by atoms with Gasteiger partial charge in [-0.2, -0.15) is 5.10 Å². The fourth-order valence-electron chi connectivity index (χ4n) is 0.878. The van der Waals surface area contributed by atoms with Gasteiger partial charge >= 0.3 is 6.98 Å². The van der Waals surface area contributed by atoms with Crippen LogP contribution in [-0.2, 0) is 6.44 Å². The van der Waals surface area contributed by atoms with Gasteiger partial charge in [-0.1, -0.05) is 0 Å². The van der Waals surface area contributed by atoms with Crippen LogP contribution in [0.5, 0.6) is 0 Å². The minimum absolute atomic E-state index is 0.389. The highest BCUT2D eigenvalue weighted by atomic mass is 19.4. The van der Waals surface area contributed by atoms with Crippen molar-refractivity contribution in [2.24, 2.45) is 0 Å². The Kier molecular flexibility index (Phi) is 2.44. The number of hydrogen-bond donors (Lipinski definition) is 0. The number of aromatic nitrogens is 2. The summed E-state index contributed by atoms with van der Waals surface area (Å²) in [6.07, 6.45) is -1.28. The van der Waals surface area contributed by atoms with Crippen molar-refractivity contribution in [3.05, 3.63) is 28.2 Å². The normalized spacial score (nSPS) is 11.7. The van der Waals surface area contributed by atoms with Crippen LogP contribution < -0.4 is 5.56 Å². The van der Waals surface area contributed by atoms with E-state index in [2.05, 4.69) is 5.10 Å². The van der Waals surface area contributed by atoms with Crippen LogP contribution in [-0.4, -0.2) is 16.8 Å². The van der Waals surface area contributed by atoms with E-state index < -0.39 is 19.0 Å². The van der Waals surface area contributed by atoms with E-state index in [1.54, 1.807) is 0 Å². The van der Waals surface area contributed by atoms with Gasteiger partial charge in [0.15, 0.2) is 0 Å². The molecule has 0 aliphatic carbocycles. The minimum Gasteiger partial charge on any atom is -0.448 e. The topological polar surface area (TPSA) is 34.9 Å². The lowest BCUT2D eigenvalue weighted by Crippen LogP contribution is -2.33. The van der Waals surface area contributed by atoms with Gasteiger partial charge < -0.3 is 12.9 Å². The molecule has 72 valence electrons. The molecule has 13 heavy (non-hydrogen) atoms. The lowest BCUT2D eigenvalue weighted by Gasteiger charge is -2.14. The highest BCUT2D eigenvalue weighted by molar-refractivity contribution is 6.57. The van der Waals surface area contributed by atoms with E-state index in [0.29, 0.717) is 10.4 Å². The molecule has 1 aromatic rings. The van der Waals surface area contributed by atoms with Gasteiger partial charge in [-0.3, -0.25) is 9.48 Å². The summed E-state index contributed by atoms with van der Waals surface area (Å²) in [5.74, 6) is 0. The first-order valence-electron chi connectivity index (χ1n) is 3.64. The van der Waals surface area contributed by atoms with Crippen molar-refractivity contribution in [1.29, 1.82) is 0 Å². The zero-order chi connectivity index (χ0) is 10.1. The van der Waals surface area contributed by atoms with Crippen molar-refractivity contribution < 1.29 is 12.9 Å². The maximum atomic E-state index is 11.9. The Balaban J connectivity index is 3.01. The summed E-state index contributed by atoms with van der Waals surface area (Å²) in [5, 5.41) is 3.46. The molecule has 1 rings (SSSR count).